The minimum Gasteiger partial charge on any atom is -0.325 e. The molecule has 0 spiro atoms. The van der Waals surface area contributed by atoms with Gasteiger partial charge in [0.1, 0.15) is 6.07 Å². The molecule has 4 nitrogen and oxygen atoms in total. The third-order valence-corrected chi connectivity index (χ3v) is 3.76. The van der Waals surface area contributed by atoms with Crippen LogP contribution in [0.5, 0.6) is 0 Å². The fraction of sp³-hybridized carbons (Fsp3) is 0.429. The van der Waals surface area contributed by atoms with Gasteiger partial charge in [-0.1, -0.05) is 11.6 Å². The van der Waals surface area contributed by atoms with E-state index in [2.05, 4.69) is 5.32 Å². The molecule has 0 radical (unpaired) electrons. The molecule has 0 saturated heterocycles. The zero-order valence-corrected chi connectivity index (χ0v) is 12.3. The van der Waals surface area contributed by atoms with Crippen molar-refractivity contribution in [2.45, 2.75) is 33.2 Å². The van der Waals surface area contributed by atoms with Crippen LogP contribution in [0.15, 0.2) is 18.2 Å². The van der Waals surface area contributed by atoms with Gasteiger partial charge in [0.15, 0.2) is 0 Å². The maximum atomic E-state index is 12.3. The standard InChI is InChI=1S/C14H18ClN3O/c1-13(2,14(3,4)17)12(19)18-11-7-10(15)6-5-9(11)8-16/h5-7H,17H2,1-4H3,(H,18,19). The number of nitrogens with one attached hydrogen (secondary N) is 1. The Hall–Kier alpha value is -1.57. The summed E-state index contributed by atoms with van der Waals surface area (Å²) in [5.41, 5.74) is 5.30. The molecule has 3 N–H and O–H groups in total. The van der Waals surface area contributed by atoms with E-state index >= 15 is 0 Å². The predicted molar refractivity (Wildman–Crippen MR) is 76.8 cm³/mol. The van der Waals surface area contributed by atoms with E-state index in [4.69, 9.17) is 22.6 Å². The van der Waals surface area contributed by atoms with Gasteiger partial charge in [0.05, 0.1) is 16.7 Å². The van der Waals surface area contributed by atoms with E-state index in [1.54, 1.807) is 45.9 Å². The quantitative estimate of drug-likeness (QED) is 0.893. The smallest absolute Gasteiger partial charge is 0.231 e. The van der Waals surface area contributed by atoms with Gasteiger partial charge in [-0.25, -0.2) is 0 Å². The molecule has 0 heterocycles. The van der Waals surface area contributed by atoms with Crippen LogP contribution >= 0.6 is 11.6 Å². The van der Waals surface area contributed by atoms with Crippen molar-refractivity contribution in [1.29, 1.82) is 5.26 Å². The predicted octanol–water partition coefficient (Wildman–Crippen LogP) is 2.91. The second-order valence-corrected chi connectivity index (χ2v) is 6.04. The van der Waals surface area contributed by atoms with Gasteiger partial charge in [-0.05, 0) is 45.9 Å². The molecule has 0 bridgehead atoms. The lowest BCUT2D eigenvalue weighted by atomic mass is 9.74. The van der Waals surface area contributed by atoms with E-state index < -0.39 is 11.0 Å². The Labute approximate surface area is 118 Å². The van der Waals surface area contributed by atoms with Crippen LogP contribution in [0.3, 0.4) is 0 Å². The summed E-state index contributed by atoms with van der Waals surface area (Å²) in [6, 6.07) is 6.74. The van der Waals surface area contributed by atoms with Gasteiger partial charge in [-0.3, -0.25) is 4.79 Å². The Morgan fingerprint density at radius 1 is 1.37 bits per heavy atom. The van der Waals surface area contributed by atoms with Crippen molar-refractivity contribution in [2.75, 3.05) is 5.32 Å². The van der Waals surface area contributed by atoms with Crippen molar-refractivity contribution >= 4 is 23.2 Å². The van der Waals surface area contributed by atoms with E-state index in [1.165, 1.54) is 0 Å². The van der Waals surface area contributed by atoms with Gasteiger partial charge < -0.3 is 11.1 Å². The molecular formula is C14H18ClN3O. The Morgan fingerprint density at radius 3 is 2.42 bits per heavy atom. The molecule has 1 rings (SSSR count). The normalized spacial score (nSPS) is 11.8. The number of nitrogens with two attached hydrogens (primary N) is 1. The summed E-state index contributed by atoms with van der Waals surface area (Å²) < 4.78 is 0. The molecule has 1 aromatic rings. The van der Waals surface area contributed by atoms with Crippen LogP contribution in [0.1, 0.15) is 33.3 Å². The van der Waals surface area contributed by atoms with Crippen molar-refractivity contribution in [1.82, 2.24) is 0 Å². The van der Waals surface area contributed by atoms with Crippen molar-refractivity contribution in [2.24, 2.45) is 11.1 Å². The number of amides is 1. The van der Waals surface area contributed by atoms with Crippen LogP contribution in [-0.4, -0.2) is 11.4 Å². The fourth-order valence-corrected chi connectivity index (χ4v) is 1.46. The summed E-state index contributed by atoms with van der Waals surface area (Å²) in [5.74, 6) is -0.251. The molecule has 0 atom stereocenters. The average molecular weight is 280 g/mol. The van der Waals surface area contributed by atoms with Gasteiger partial charge in [-0.2, -0.15) is 5.26 Å². The van der Waals surface area contributed by atoms with Crippen LogP contribution in [0.25, 0.3) is 0 Å². The zero-order valence-electron chi connectivity index (χ0n) is 11.5. The fourth-order valence-electron chi connectivity index (χ4n) is 1.29. The van der Waals surface area contributed by atoms with E-state index in [1.807, 2.05) is 6.07 Å². The number of rotatable bonds is 3. The van der Waals surface area contributed by atoms with E-state index in [9.17, 15) is 4.79 Å². The van der Waals surface area contributed by atoms with Crippen LogP contribution in [0.2, 0.25) is 5.02 Å². The molecule has 0 unspecified atom stereocenters. The van der Waals surface area contributed by atoms with Crippen molar-refractivity contribution < 1.29 is 4.79 Å². The first-order chi connectivity index (χ1) is 8.59. The number of nitriles is 1. The topological polar surface area (TPSA) is 78.9 Å². The summed E-state index contributed by atoms with van der Waals surface area (Å²) in [4.78, 5) is 12.3. The number of carbonyl (C=O) groups is 1. The first-order valence-corrected chi connectivity index (χ1v) is 6.27. The Morgan fingerprint density at radius 2 is 1.95 bits per heavy atom. The molecule has 5 heteroatoms. The lowest BCUT2D eigenvalue weighted by Crippen LogP contribution is -2.53. The molecule has 0 aromatic heterocycles. The summed E-state index contributed by atoms with van der Waals surface area (Å²) >= 11 is 5.88. The molecule has 102 valence electrons. The summed E-state index contributed by atoms with van der Waals surface area (Å²) in [6.45, 7) is 7.10. The second kappa shape index (κ2) is 5.20. The molecule has 0 saturated carbocycles. The molecular weight excluding hydrogens is 262 g/mol. The summed E-state index contributed by atoms with van der Waals surface area (Å²) in [7, 11) is 0. The molecule has 0 aliphatic heterocycles. The largest absolute Gasteiger partial charge is 0.325 e. The maximum Gasteiger partial charge on any atom is 0.231 e. The lowest BCUT2D eigenvalue weighted by molar-refractivity contribution is -0.126. The first-order valence-electron chi connectivity index (χ1n) is 5.89. The van der Waals surface area contributed by atoms with Crippen LogP contribution in [-0.2, 0) is 4.79 Å². The van der Waals surface area contributed by atoms with E-state index in [0.29, 0.717) is 16.3 Å². The highest BCUT2D eigenvalue weighted by Crippen LogP contribution is 2.31. The Bertz CT molecular complexity index is 539. The Kier molecular flexibility index (Phi) is 4.24. The van der Waals surface area contributed by atoms with Gasteiger partial charge in [-0.15, -0.1) is 0 Å². The zero-order chi connectivity index (χ0) is 14.8. The first kappa shape index (κ1) is 15.5. The van der Waals surface area contributed by atoms with Crippen molar-refractivity contribution in [3.63, 3.8) is 0 Å². The maximum absolute atomic E-state index is 12.3. The molecule has 19 heavy (non-hydrogen) atoms. The number of hydrogen-bond acceptors (Lipinski definition) is 3. The van der Waals surface area contributed by atoms with Gasteiger partial charge in [0.25, 0.3) is 0 Å². The van der Waals surface area contributed by atoms with E-state index in [0.717, 1.165) is 0 Å². The van der Waals surface area contributed by atoms with Crippen LogP contribution in [0.4, 0.5) is 5.69 Å². The monoisotopic (exact) mass is 279 g/mol. The minimum absolute atomic E-state index is 0.251. The molecule has 1 aromatic carbocycles. The third-order valence-electron chi connectivity index (χ3n) is 3.53. The highest BCUT2D eigenvalue weighted by Gasteiger charge is 2.40. The molecule has 0 fully saturated rings. The van der Waals surface area contributed by atoms with Gasteiger partial charge in [0, 0.05) is 10.6 Å². The molecule has 1 amide bonds. The SMILES string of the molecule is CC(C)(N)C(C)(C)C(=O)Nc1cc(Cl)ccc1C#N. The molecule has 0 aliphatic carbocycles. The number of nitrogens with zero attached hydrogens (tertiary/aromatic N) is 1. The second-order valence-electron chi connectivity index (χ2n) is 5.60. The number of anilines is 1. The van der Waals surface area contributed by atoms with Gasteiger partial charge in [0.2, 0.25) is 5.91 Å². The number of hydrogen-bond donors (Lipinski definition) is 2. The van der Waals surface area contributed by atoms with Crippen molar-refractivity contribution in [3.8, 4) is 6.07 Å². The van der Waals surface area contributed by atoms with Crippen LogP contribution in [0, 0.1) is 16.7 Å². The van der Waals surface area contributed by atoms with Gasteiger partial charge >= 0.3 is 0 Å². The minimum atomic E-state index is -0.790. The number of benzene rings is 1. The third kappa shape index (κ3) is 3.25. The Balaban J connectivity index is 3.08. The average Bonchev–Trinajstić information content (AvgIpc) is 2.27. The van der Waals surface area contributed by atoms with Crippen molar-refractivity contribution in [3.05, 3.63) is 28.8 Å². The molecule has 0 aliphatic rings. The highest BCUT2D eigenvalue weighted by molar-refractivity contribution is 6.31. The number of halogens is 1. The summed E-state index contributed by atoms with van der Waals surface area (Å²) in [5, 5.41) is 12.2. The lowest BCUT2D eigenvalue weighted by Gasteiger charge is -2.36. The highest BCUT2D eigenvalue weighted by atomic mass is 35.5. The van der Waals surface area contributed by atoms with Crippen LogP contribution < -0.4 is 11.1 Å². The number of carbonyl (C=O) groups excluding carboxylic acids is 1. The summed E-state index contributed by atoms with van der Waals surface area (Å²) in [6.07, 6.45) is 0. The van der Waals surface area contributed by atoms with E-state index in [-0.39, 0.29) is 5.91 Å².